The molecule has 17 heavy (non-hydrogen) atoms. The number of hydrogen-bond acceptors (Lipinski definition) is 3. The number of esters is 1. The van der Waals surface area contributed by atoms with Crippen molar-refractivity contribution >= 4 is 17.6 Å². The average molecular weight is 254 g/mol. The summed E-state index contributed by atoms with van der Waals surface area (Å²) in [5, 5.41) is 3.84. The quantitative estimate of drug-likeness (QED) is 0.648. The minimum absolute atomic E-state index is 0.325. The Morgan fingerprint density at radius 2 is 2.06 bits per heavy atom. The second-order valence-corrected chi connectivity index (χ2v) is 4.00. The third-order valence-corrected chi connectivity index (χ3v) is 2.36. The lowest BCUT2D eigenvalue weighted by Gasteiger charge is -2.06. The molecule has 0 amide bonds. The molecule has 0 fully saturated rings. The highest BCUT2D eigenvalue weighted by molar-refractivity contribution is 6.30. The normalized spacial score (nSPS) is 11.1. The predicted molar refractivity (Wildman–Crippen MR) is 68.7 cm³/mol. The number of rotatable bonds is 5. The van der Waals surface area contributed by atoms with E-state index in [2.05, 4.69) is 5.32 Å². The van der Waals surface area contributed by atoms with Crippen molar-refractivity contribution in [2.45, 2.75) is 20.4 Å². The lowest BCUT2D eigenvalue weighted by atomic mass is 10.2. The van der Waals surface area contributed by atoms with Crippen molar-refractivity contribution in [2.75, 3.05) is 6.61 Å². The highest BCUT2D eigenvalue weighted by atomic mass is 35.5. The Morgan fingerprint density at radius 1 is 1.41 bits per heavy atom. The molecule has 1 aromatic carbocycles. The largest absolute Gasteiger partial charge is 0.463 e. The van der Waals surface area contributed by atoms with Crippen molar-refractivity contribution in [3.8, 4) is 0 Å². The van der Waals surface area contributed by atoms with Crippen molar-refractivity contribution in [2.24, 2.45) is 0 Å². The zero-order valence-corrected chi connectivity index (χ0v) is 10.8. The molecule has 0 radical (unpaired) electrons. The average Bonchev–Trinajstić information content (AvgIpc) is 2.28. The summed E-state index contributed by atoms with van der Waals surface area (Å²) in [6.45, 7) is 4.65. The van der Waals surface area contributed by atoms with E-state index in [0.717, 1.165) is 11.3 Å². The molecule has 0 saturated heterocycles. The number of carbonyl (C=O) groups is 1. The van der Waals surface area contributed by atoms with Crippen LogP contribution in [0.2, 0.25) is 5.02 Å². The molecule has 0 heterocycles. The number of halogens is 1. The van der Waals surface area contributed by atoms with Crippen LogP contribution < -0.4 is 5.32 Å². The molecular weight excluding hydrogens is 238 g/mol. The molecule has 1 aromatic rings. The summed E-state index contributed by atoms with van der Waals surface area (Å²) in [4.78, 5) is 11.2. The molecule has 0 atom stereocenters. The molecule has 0 aliphatic carbocycles. The van der Waals surface area contributed by atoms with Gasteiger partial charge in [0.1, 0.15) is 0 Å². The predicted octanol–water partition coefficient (Wildman–Crippen LogP) is 2.90. The molecular formula is C13H16ClNO2. The van der Waals surface area contributed by atoms with Crippen LogP contribution in [-0.2, 0) is 16.1 Å². The third kappa shape index (κ3) is 5.41. The van der Waals surface area contributed by atoms with Crippen LogP contribution in [0.25, 0.3) is 0 Å². The topological polar surface area (TPSA) is 38.3 Å². The van der Waals surface area contributed by atoms with Crippen LogP contribution in [0, 0.1) is 0 Å². The van der Waals surface area contributed by atoms with Crippen LogP contribution in [0.3, 0.4) is 0 Å². The van der Waals surface area contributed by atoms with Crippen molar-refractivity contribution in [3.05, 3.63) is 46.6 Å². The minimum Gasteiger partial charge on any atom is -0.463 e. The second-order valence-electron chi connectivity index (χ2n) is 3.56. The molecule has 1 rings (SSSR count). The Bertz CT molecular complexity index is 398. The number of hydrogen-bond donors (Lipinski definition) is 1. The van der Waals surface area contributed by atoms with E-state index < -0.39 is 0 Å². The van der Waals surface area contributed by atoms with Gasteiger partial charge in [-0.25, -0.2) is 4.79 Å². The van der Waals surface area contributed by atoms with Gasteiger partial charge in [0, 0.05) is 23.3 Å². The van der Waals surface area contributed by atoms with Gasteiger partial charge in [0.15, 0.2) is 0 Å². The van der Waals surface area contributed by atoms with Gasteiger partial charge in [-0.15, -0.1) is 0 Å². The zero-order valence-electron chi connectivity index (χ0n) is 10.00. The summed E-state index contributed by atoms with van der Waals surface area (Å²) < 4.78 is 4.81. The molecule has 0 saturated carbocycles. The van der Waals surface area contributed by atoms with E-state index in [1.807, 2.05) is 31.2 Å². The van der Waals surface area contributed by atoms with E-state index in [4.69, 9.17) is 16.3 Å². The van der Waals surface area contributed by atoms with Gasteiger partial charge < -0.3 is 10.1 Å². The van der Waals surface area contributed by atoms with E-state index in [0.29, 0.717) is 18.2 Å². The van der Waals surface area contributed by atoms with Crippen molar-refractivity contribution in [1.82, 2.24) is 5.32 Å². The molecule has 4 heteroatoms. The summed E-state index contributed by atoms with van der Waals surface area (Å²) in [5.41, 5.74) is 1.88. The lowest BCUT2D eigenvalue weighted by molar-refractivity contribution is -0.137. The molecule has 1 N–H and O–H groups in total. The Balaban J connectivity index is 2.45. The lowest BCUT2D eigenvalue weighted by Crippen LogP contribution is -2.12. The first kappa shape index (κ1) is 13.6. The maximum atomic E-state index is 11.2. The number of allylic oxidation sites excluding steroid dienone is 1. The van der Waals surface area contributed by atoms with E-state index in [9.17, 15) is 4.79 Å². The zero-order chi connectivity index (χ0) is 12.7. The first-order valence-corrected chi connectivity index (χ1v) is 5.83. The summed E-state index contributed by atoms with van der Waals surface area (Å²) in [6, 6.07) is 7.55. The van der Waals surface area contributed by atoms with Gasteiger partial charge in [-0.3, -0.25) is 0 Å². The summed E-state index contributed by atoms with van der Waals surface area (Å²) in [6.07, 6.45) is 1.44. The molecule has 3 nitrogen and oxygen atoms in total. The van der Waals surface area contributed by atoms with E-state index in [-0.39, 0.29) is 5.97 Å². The monoisotopic (exact) mass is 253 g/mol. The van der Waals surface area contributed by atoms with Crippen molar-refractivity contribution in [3.63, 3.8) is 0 Å². The Hall–Kier alpha value is -1.48. The number of ether oxygens (including phenoxy) is 1. The summed E-state index contributed by atoms with van der Waals surface area (Å²) in [5.74, 6) is -0.325. The molecule has 92 valence electrons. The van der Waals surface area contributed by atoms with Crippen LogP contribution in [0.15, 0.2) is 36.0 Å². The Labute approximate surface area is 106 Å². The van der Waals surface area contributed by atoms with Crippen LogP contribution in [0.5, 0.6) is 0 Å². The van der Waals surface area contributed by atoms with Crippen molar-refractivity contribution in [1.29, 1.82) is 0 Å². The highest BCUT2D eigenvalue weighted by Gasteiger charge is 1.98. The molecule has 0 aliphatic heterocycles. The van der Waals surface area contributed by atoms with E-state index >= 15 is 0 Å². The first-order valence-electron chi connectivity index (χ1n) is 5.45. The van der Waals surface area contributed by atoms with Gasteiger partial charge in [0.2, 0.25) is 0 Å². The van der Waals surface area contributed by atoms with Gasteiger partial charge in [-0.2, -0.15) is 0 Å². The van der Waals surface area contributed by atoms with E-state index in [1.54, 1.807) is 6.92 Å². The fourth-order valence-corrected chi connectivity index (χ4v) is 1.38. The van der Waals surface area contributed by atoms with Gasteiger partial charge in [-0.1, -0.05) is 23.7 Å². The van der Waals surface area contributed by atoms with E-state index in [1.165, 1.54) is 6.08 Å². The molecule has 0 spiro atoms. The minimum atomic E-state index is -0.325. The maximum Gasteiger partial charge on any atom is 0.332 e. The maximum absolute atomic E-state index is 11.2. The fourth-order valence-electron chi connectivity index (χ4n) is 1.26. The van der Waals surface area contributed by atoms with Crippen molar-refractivity contribution < 1.29 is 9.53 Å². The smallest absolute Gasteiger partial charge is 0.332 e. The Morgan fingerprint density at radius 3 is 2.65 bits per heavy atom. The fraction of sp³-hybridized carbons (Fsp3) is 0.308. The van der Waals surface area contributed by atoms with Crippen LogP contribution in [0.4, 0.5) is 0 Å². The standard InChI is InChI=1S/C13H16ClNO2/c1-3-17-13(16)8-10(2)15-9-11-4-6-12(14)7-5-11/h4-8,15H,3,9H2,1-2H3. The second kappa shape index (κ2) is 6.97. The molecule has 0 aliphatic rings. The first-order chi connectivity index (χ1) is 8.11. The van der Waals surface area contributed by atoms with Gasteiger partial charge in [-0.05, 0) is 31.5 Å². The van der Waals surface area contributed by atoms with Crippen LogP contribution >= 0.6 is 11.6 Å². The van der Waals surface area contributed by atoms with Gasteiger partial charge in [0.05, 0.1) is 6.61 Å². The SMILES string of the molecule is CCOC(=O)C=C(C)NCc1ccc(Cl)cc1. The van der Waals surface area contributed by atoms with Crippen LogP contribution in [-0.4, -0.2) is 12.6 Å². The molecule has 0 bridgehead atoms. The Kier molecular flexibility index (Phi) is 5.57. The summed E-state index contributed by atoms with van der Waals surface area (Å²) in [7, 11) is 0. The third-order valence-electron chi connectivity index (χ3n) is 2.11. The number of carbonyl (C=O) groups excluding carboxylic acids is 1. The summed E-state index contributed by atoms with van der Waals surface area (Å²) >= 11 is 5.79. The van der Waals surface area contributed by atoms with Gasteiger partial charge in [0.25, 0.3) is 0 Å². The number of benzene rings is 1. The number of nitrogens with one attached hydrogen (secondary N) is 1. The van der Waals surface area contributed by atoms with Gasteiger partial charge >= 0.3 is 5.97 Å². The molecule has 0 aromatic heterocycles. The molecule has 0 unspecified atom stereocenters. The van der Waals surface area contributed by atoms with Crippen LogP contribution in [0.1, 0.15) is 19.4 Å². The highest BCUT2D eigenvalue weighted by Crippen LogP contribution is 2.09.